The molecule has 0 amide bonds. The number of nitrogens with zero attached hydrogens (tertiary/aromatic N) is 1. The van der Waals surface area contributed by atoms with Crippen LogP contribution >= 0.6 is 0 Å². The summed E-state index contributed by atoms with van der Waals surface area (Å²) in [7, 11) is 1.59. The van der Waals surface area contributed by atoms with Gasteiger partial charge in [-0.1, -0.05) is 0 Å². The summed E-state index contributed by atoms with van der Waals surface area (Å²) in [5.41, 5.74) is 6.75. The SMILES string of the molecule is COc1cc2c(Oc3ccc(N)cc3F)cc[nH+]c2cc1OCCCN1CCOCC1. The number of morpholine rings is 1. The number of aromatic nitrogens is 1. The fraction of sp³-hybridized carbons (Fsp3) is 0.348. The van der Waals surface area contributed by atoms with E-state index in [0.29, 0.717) is 29.5 Å². The van der Waals surface area contributed by atoms with Crippen LogP contribution in [0.25, 0.3) is 10.9 Å². The average Bonchev–Trinajstić information content (AvgIpc) is 2.79. The molecule has 1 fully saturated rings. The smallest absolute Gasteiger partial charge is 0.218 e. The predicted molar refractivity (Wildman–Crippen MR) is 115 cm³/mol. The Labute approximate surface area is 180 Å². The average molecular weight is 428 g/mol. The number of anilines is 1. The van der Waals surface area contributed by atoms with Gasteiger partial charge in [-0.15, -0.1) is 0 Å². The molecule has 0 aliphatic carbocycles. The lowest BCUT2D eigenvalue weighted by Crippen LogP contribution is -2.37. The minimum Gasteiger partial charge on any atom is -0.493 e. The van der Waals surface area contributed by atoms with Gasteiger partial charge in [0.15, 0.2) is 29.3 Å². The zero-order valence-electron chi connectivity index (χ0n) is 17.5. The zero-order chi connectivity index (χ0) is 21.6. The van der Waals surface area contributed by atoms with E-state index in [0.717, 1.165) is 50.2 Å². The molecular formula is C23H27FN3O4+. The van der Waals surface area contributed by atoms with Crippen LogP contribution in [0.3, 0.4) is 0 Å². The number of ether oxygens (including phenoxy) is 4. The first kappa shape index (κ1) is 21.1. The van der Waals surface area contributed by atoms with Crippen molar-refractivity contribution in [2.24, 2.45) is 0 Å². The summed E-state index contributed by atoms with van der Waals surface area (Å²) in [6.07, 6.45) is 2.64. The minimum absolute atomic E-state index is 0.101. The van der Waals surface area contributed by atoms with Crippen LogP contribution in [0.5, 0.6) is 23.0 Å². The number of halogens is 1. The number of fused-ring (bicyclic) bond motifs is 1. The number of pyridine rings is 1. The first-order chi connectivity index (χ1) is 15.1. The summed E-state index contributed by atoms with van der Waals surface area (Å²) in [6, 6.07) is 9.77. The Morgan fingerprint density at radius 2 is 1.90 bits per heavy atom. The molecule has 7 nitrogen and oxygen atoms in total. The van der Waals surface area contributed by atoms with E-state index in [1.165, 1.54) is 12.1 Å². The van der Waals surface area contributed by atoms with Gasteiger partial charge in [0.2, 0.25) is 5.52 Å². The fourth-order valence-electron chi connectivity index (χ4n) is 3.55. The number of aromatic amines is 1. The van der Waals surface area contributed by atoms with E-state index in [9.17, 15) is 4.39 Å². The van der Waals surface area contributed by atoms with Crippen molar-refractivity contribution in [3.8, 4) is 23.0 Å². The highest BCUT2D eigenvalue weighted by Crippen LogP contribution is 2.36. The number of rotatable bonds is 8. The topological polar surface area (TPSA) is 80.3 Å². The van der Waals surface area contributed by atoms with E-state index >= 15 is 0 Å². The molecule has 164 valence electrons. The van der Waals surface area contributed by atoms with Gasteiger partial charge in [0, 0.05) is 43.5 Å². The van der Waals surface area contributed by atoms with Crippen molar-refractivity contribution in [3.63, 3.8) is 0 Å². The molecule has 4 rings (SSSR count). The third kappa shape index (κ3) is 5.15. The Morgan fingerprint density at radius 1 is 1.06 bits per heavy atom. The van der Waals surface area contributed by atoms with Crippen molar-refractivity contribution >= 4 is 16.6 Å². The maximum Gasteiger partial charge on any atom is 0.218 e. The van der Waals surface area contributed by atoms with Crippen LogP contribution in [0.1, 0.15) is 6.42 Å². The van der Waals surface area contributed by atoms with Gasteiger partial charge >= 0.3 is 0 Å². The molecule has 1 aliphatic heterocycles. The largest absolute Gasteiger partial charge is 0.493 e. The molecule has 2 aromatic carbocycles. The number of benzene rings is 2. The maximum atomic E-state index is 14.2. The van der Waals surface area contributed by atoms with Crippen molar-refractivity contribution in [3.05, 3.63) is 48.4 Å². The number of hydrogen-bond donors (Lipinski definition) is 1. The van der Waals surface area contributed by atoms with Gasteiger partial charge < -0.3 is 24.7 Å². The van der Waals surface area contributed by atoms with E-state index in [-0.39, 0.29) is 5.75 Å². The van der Waals surface area contributed by atoms with Gasteiger partial charge in [-0.25, -0.2) is 9.37 Å². The van der Waals surface area contributed by atoms with Gasteiger partial charge in [-0.2, -0.15) is 0 Å². The van der Waals surface area contributed by atoms with Gasteiger partial charge in [0.05, 0.1) is 38.4 Å². The monoisotopic (exact) mass is 428 g/mol. The Bertz CT molecular complexity index is 1040. The van der Waals surface area contributed by atoms with Crippen molar-refractivity contribution in [1.82, 2.24) is 4.90 Å². The molecule has 0 unspecified atom stereocenters. The molecule has 1 saturated heterocycles. The number of H-pyrrole nitrogens is 1. The Balaban J connectivity index is 1.49. The Kier molecular flexibility index (Phi) is 6.69. The quantitative estimate of drug-likeness (QED) is 0.438. The number of hydrogen-bond acceptors (Lipinski definition) is 6. The summed E-state index contributed by atoms with van der Waals surface area (Å²) in [6.45, 7) is 5.06. The summed E-state index contributed by atoms with van der Waals surface area (Å²) in [4.78, 5) is 5.56. The second kappa shape index (κ2) is 9.80. The standard InChI is InChI=1S/C23H26FN3O4/c1-28-22-14-17-19(15-23(22)30-10-2-7-27-8-11-29-12-9-27)26-6-5-20(17)31-21-4-3-16(25)13-18(21)24/h3-6,13-15H,2,7-12,25H2,1H3/p+1. The van der Waals surface area contributed by atoms with Gasteiger partial charge in [0.25, 0.3) is 0 Å². The third-order valence-corrected chi connectivity index (χ3v) is 5.20. The molecule has 31 heavy (non-hydrogen) atoms. The summed E-state index contributed by atoms with van der Waals surface area (Å²) < 4.78 is 36.9. The summed E-state index contributed by atoms with van der Waals surface area (Å²) >= 11 is 0. The Hall–Kier alpha value is -3.10. The molecule has 2 heterocycles. The lowest BCUT2D eigenvalue weighted by Gasteiger charge is -2.26. The van der Waals surface area contributed by atoms with Crippen LogP contribution in [0.4, 0.5) is 10.1 Å². The molecule has 1 aliphatic rings. The molecule has 0 atom stereocenters. The first-order valence-electron chi connectivity index (χ1n) is 10.3. The van der Waals surface area contributed by atoms with Crippen molar-refractivity contribution < 1.29 is 28.3 Å². The molecule has 3 aromatic rings. The van der Waals surface area contributed by atoms with Crippen molar-refractivity contribution in [2.45, 2.75) is 6.42 Å². The van der Waals surface area contributed by atoms with Crippen LogP contribution in [0, 0.1) is 5.82 Å². The summed E-state index contributed by atoms with van der Waals surface area (Å²) in [5, 5.41) is 0.747. The van der Waals surface area contributed by atoms with Crippen LogP contribution < -0.4 is 24.9 Å². The van der Waals surface area contributed by atoms with E-state index in [2.05, 4.69) is 9.88 Å². The first-order valence-corrected chi connectivity index (χ1v) is 10.3. The van der Waals surface area contributed by atoms with Crippen molar-refractivity contribution in [2.75, 3.05) is 52.3 Å². The second-order valence-electron chi connectivity index (χ2n) is 7.34. The second-order valence-corrected chi connectivity index (χ2v) is 7.34. The molecule has 0 radical (unpaired) electrons. The molecule has 0 spiro atoms. The molecular weight excluding hydrogens is 401 g/mol. The Morgan fingerprint density at radius 3 is 2.68 bits per heavy atom. The molecule has 0 saturated carbocycles. The zero-order valence-corrected chi connectivity index (χ0v) is 17.5. The predicted octanol–water partition coefficient (Wildman–Crippen LogP) is 3.28. The maximum absolute atomic E-state index is 14.2. The minimum atomic E-state index is -0.520. The van der Waals surface area contributed by atoms with Crippen LogP contribution in [0.15, 0.2) is 42.6 Å². The van der Waals surface area contributed by atoms with E-state index in [1.807, 2.05) is 12.1 Å². The number of nitrogen functional groups attached to an aromatic ring is 1. The van der Waals surface area contributed by atoms with Crippen molar-refractivity contribution in [1.29, 1.82) is 0 Å². The van der Waals surface area contributed by atoms with Crippen LogP contribution in [-0.2, 0) is 4.74 Å². The normalized spacial score (nSPS) is 14.5. The number of nitrogens with two attached hydrogens (primary N) is 1. The lowest BCUT2D eigenvalue weighted by atomic mass is 10.1. The molecule has 1 aromatic heterocycles. The number of nitrogens with one attached hydrogen (secondary N) is 1. The van der Waals surface area contributed by atoms with Gasteiger partial charge in [-0.3, -0.25) is 4.90 Å². The summed E-state index contributed by atoms with van der Waals surface area (Å²) in [5.74, 6) is 1.30. The van der Waals surface area contributed by atoms with Crippen LogP contribution in [-0.4, -0.2) is 51.5 Å². The van der Waals surface area contributed by atoms with Crippen LogP contribution in [0.2, 0.25) is 0 Å². The van der Waals surface area contributed by atoms with Gasteiger partial charge in [-0.05, 0) is 18.6 Å². The molecule has 3 N–H and O–H groups in total. The molecule has 8 heteroatoms. The highest BCUT2D eigenvalue weighted by Gasteiger charge is 2.17. The fourth-order valence-corrected chi connectivity index (χ4v) is 3.55. The lowest BCUT2D eigenvalue weighted by molar-refractivity contribution is -0.344. The van der Waals surface area contributed by atoms with E-state index in [1.54, 1.807) is 25.4 Å². The van der Waals surface area contributed by atoms with E-state index in [4.69, 9.17) is 24.7 Å². The highest BCUT2D eigenvalue weighted by molar-refractivity contribution is 5.86. The van der Waals surface area contributed by atoms with E-state index < -0.39 is 5.82 Å². The van der Waals surface area contributed by atoms with Gasteiger partial charge in [0.1, 0.15) is 5.75 Å². The third-order valence-electron chi connectivity index (χ3n) is 5.20. The molecule has 0 bridgehead atoms. The number of methoxy groups -OCH3 is 1. The highest BCUT2D eigenvalue weighted by atomic mass is 19.1.